The number of halogens is 2. The Hall–Kier alpha value is -0.850. The Kier molecular flexibility index (Phi) is 5.46. The van der Waals surface area contributed by atoms with Gasteiger partial charge in [-0.05, 0) is 36.6 Å². The molecular weight excluding hydrogens is 317 g/mol. The number of nitrogens with one attached hydrogen (secondary N) is 1. The van der Waals surface area contributed by atoms with Gasteiger partial charge in [-0.2, -0.15) is 0 Å². The fraction of sp³-hybridized carbons (Fsp3) is 0.500. The SMILES string of the molecule is O=C(N[C@]1(CCO)CCOC1)[C@@H](O)c1cc(Cl)cc(Cl)c1. The molecule has 0 bridgehead atoms. The van der Waals surface area contributed by atoms with Crippen LogP contribution in [0.15, 0.2) is 18.2 Å². The Morgan fingerprint density at radius 1 is 1.38 bits per heavy atom. The van der Waals surface area contributed by atoms with Crippen molar-refractivity contribution < 1.29 is 19.7 Å². The van der Waals surface area contributed by atoms with Crippen LogP contribution in [-0.2, 0) is 9.53 Å². The van der Waals surface area contributed by atoms with E-state index in [-0.39, 0.29) is 6.61 Å². The fourth-order valence-electron chi connectivity index (χ4n) is 2.39. The van der Waals surface area contributed by atoms with E-state index in [0.29, 0.717) is 41.7 Å². The van der Waals surface area contributed by atoms with Crippen molar-refractivity contribution in [3.8, 4) is 0 Å². The summed E-state index contributed by atoms with van der Waals surface area (Å²) in [5.74, 6) is -0.563. The van der Waals surface area contributed by atoms with Gasteiger partial charge in [-0.25, -0.2) is 0 Å². The largest absolute Gasteiger partial charge is 0.396 e. The standard InChI is InChI=1S/C14H17Cl2NO4/c15-10-5-9(6-11(16)7-10)12(19)13(20)17-14(1-3-18)2-4-21-8-14/h5-7,12,18-19H,1-4,8H2,(H,17,20)/t12-,14+/m0/s1. The summed E-state index contributed by atoms with van der Waals surface area (Å²) in [6.07, 6.45) is -0.401. The van der Waals surface area contributed by atoms with Gasteiger partial charge < -0.3 is 20.3 Å². The van der Waals surface area contributed by atoms with Crippen LogP contribution in [0.1, 0.15) is 24.5 Å². The predicted molar refractivity (Wildman–Crippen MR) is 79.4 cm³/mol. The number of hydrogen-bond donors (Lipinski definition) is 3. The van der Waals surface area contributed by atoms with Crippen LogP contribution in [0.4, 0.5) is 0 Å². The first-order valence-corrected chi connectivity index (χ1v) is 7.36. The highest BCUT2D eigenvalue weighted by atomic mass is 35.5. The van der Waals surface area contributed by atoms with E-state index in [1.54, 1.807) is 0 Å². The normalized spacial score (nSPS) is 23.0. The zero-order chi connectivity index (χ0) is 15.5. The number of benzene rings is 1. The van der Waals surface area contributed by atoms with Gasteiger partial charge >= 0.3 is 0 Å². The molecule has 1 fully saturated rings. The Labute approximate surface area is 132 Å². The van der Waals surface area contributed by atoms with Crippen LogP contribution in [0, 0.1) is 0 Å². The number of hydrogen-bond acceptors (Lipinski definition) is 4. The van der Waals surface area contributed by atoms with Crippen molar-refractivity contribution in [2.75, 3.05) is 19.8 Å². The molecule has 1 saturated heterocycles. The molecule has 0 spiro atoms. The molecule has 116 valence electrons. The molecule has 1 aromatic rings. The first-order chi connectivity index (χ1) is 9.96. The maximum absolute atomic E-state index is 12.2. The van der Waals surface area contributed by atoms with Gasteiger partial charge in [0.15, 0.2) is 6.10 Å². The van der Waals surface area contributed by atoms with Gasteiger partial charge in [0, 0.05) is 23.3 Å². The van der Waals surface area contributed by atoms with Crippen molar-refractivity contribution in [1.82, 2.24) is 5.32 Å². The van der Waals surface area contributed by atoms with Crippen LogP contribution < -0.4 is 5.32 Å². The summed E-state index contributed by atoms with van der Waals surface area (Å²) < 4.78 is 5.29. The molecule has 0 aliphatic carbocycles. The quantitative estimate of drug-likeness (QED) is 0.766. The van der Waals surface area contributed by atoms with Crippen LogP contribution in [0.5, 0.6) is 0 Å². The number of rotatable bonds is 5. The molecule has 0 unspecified atom stereocenters. The highest BCUT2D eigenvalue weighted by Gasteiger charge is 2.37. The summed E-state index contributed by atoms with van der Waals surface area (Å²) in [5.41, 5.74) is -0.307. The highest BCUT2D eigenvalue weighted by molar-refractivity contribution is 6.34. The summed E-state index contributed by atoms with van der Waals surface area (Å²) in [7, 11) is 0. The van der Waals surface area contributed by atoms with Crippen molar-refractivity contribution in [3.05, 3.63) is 33.8 Å². The Balaban J connectivity index is 2.11. The maximum Gasteiger partial charge on any atom is 0.253 e. The molecule has 0 saturated carbocycles. The maximum atomic E-state index is 12.2. The summed E-state index contributed by atoms with van der Waals surface area (Å²) in [5, 5.41) is 22.7. The van der Waals surface area contributed by atoms with E-state index in [1.165, 1.54) is 18.2 Å². The van der Waals surface area contributed by atoms with Gasteiger partial charge in [-0.3, -0.25) is 4.79 Å². The first kappa shape index (κ1) is 16.5. The molecule has 1 aliphatic heterocycles. The van der Waals surface area contributed by atoms with E-state index in [0.717, 1.165) is 0 Å². The third kappa shape index (κ3) is 4.08. The first-order valence-electron chi connectivity index (χ1n) is 6.60. The van der Waals surface area contributed by atoms with Gasteiger partial charge in [-0.15, -0.1) is 0 Å². The van der Waals surface area contributed by atoms with Crippen molar-refractivity contribution in [2.24, 2.45) is 0 Å². The molecule has 2 atom stereocenters. The molecule has 5 nitrogen and oxygen atoms in total. The number of ether oxygens (including phenoxy) is 1. The van der Waals surface area contributed by atoms with E-state index >= 15 is 0 Å². The lowest BCUT2D eigenvalue weighted by Crippen LogP contribution is -2.51. The third-order valence-corrected chi connectivity index (χ3v) is 3.97. The average molecular weight is 334 g/mol. The monoisotopic (exact) mass is 333 g/mol. The predicted octanol–water partition coefficient (Wildman–Crippen LogP) is 1.68. The molecule has 0 radical (unpaired) electrons. The average Bonchev–Trinajstić information content (AvgIpc) is 2.85. The molecule has 3 N–H and O–H groups in total. The molecule has 0 aromatic heterocycles. The van der Waals surface area contributed by atoms with E-state index in [2.05, 4.69) is 5.32 Å². The Morgan fingerprint density at radius 2 is 2.05 bits per heavy atom. The second kappa shape index (κ2) is 6.94. The van der Waals surface area contributed by atoms with Gasteiger partial charge in [0.05, 0.1) is 12.1 Å². The smallest absolute Gasteiger partial charge is 0.253 e. The molecular formula is C14H17Cl2NO4. The van der Waals surface area contributed by atoms with Crippen LogP contribution in [0.25, 0.3) is 0 Å². The topological polar surface area (TPSA) is 78.8 Å². The van der Waals surface area contributed by atoms with Crippen molar-refractivity contribution >= 4 is 29.1 Å². The Bertz CT molecular complexity index is 497. The van der Waals surface area contributed by atoms with E-state index in [9.17, 15) is 9.90 Å². The third-order valence-electron chi connectivity index (χ3n) is 3.53. The molecule has 1 aromatic carbocycles. The minimum atomic E-state index is -1.38. The molecule has 2 rings (SSSR count). The second-order valence-electron chi connectivity index (χ2n) is 5.15. The minimum Gasteiger partial charge on any atom is -0.396 e. The van der Waals surface area contributed by atoms with Gasteiger partial charge in [0.1, 0.15) is 0 Å². The Morgan fingerprint density at radius 3 is 2.57 bits per heavy atom. The molecule has 1 heterocycles. The summed E-state index contributed by atoms with van der Waals surface area (Å²) in [6.45, 7) is 0.768. The fourth-order valence-corrected chi connectivity index (χ4v) is 2.94. The number of amides is 1. The van der Waals surface area contributed by atoms with Gasteiger partial charge in [0.2, 0.25) is 0 Å². The number of aliphatic hydroxyl groups is 2. The van der Waals surface area contributed by atoms with E-state index < -0.39 is 17.6 Å². The lowest BCUT2D eigenvalue weighted by Gasteiger charge is -2.29. The molecule has 1 aliphatic rings. The number of carbonyl (C=O) groups is 1. The van der Waals surface area contributed by atoms with Crippen LogP contribution in [-0.4, -0.2) is 41.5 Å². The van der Waals surface area contributed by atoms with Crippen LogP contribution >= 0.6 is 23.2 Å². The highest BCUT2D eigenvalue weighted by Crippen LogP contribution is 2.26. The van der Waals surface area contributed by atoms with Gasteiger partial charge in [-0.1, -0.05) is 23.2 Å². The molecule has 21 heavy (non-hydrogen) atoms. The zero-order valence-corrected chi connectivity index (χ0v) is 12.8. The minimum absolute atomic E-state index is 0.0667. The molecule has 7 heteroatoms. The van der Waals surface area contributed by atoms with E-state index in [4.69, 9.17) is 33.0 Å². The lowest BCUT2D eigenvalue weighted by atomic mass is 9.94. The molecule has 1 amide bonds. The van der Waals surface area contributed by atoms with Crippen LogP contribution in [0.3, 0.4) is 0 Å². The lowest BCUT2D eigenvalue weighted by molar-refractivity contribution is -0.132. The number of aliphatic hydroxyl groups excluding tert-OH is 2. The van der Waals surface area contributed by atoms with Gasteiger partial charge in [0.25, 0.3) is 5.91 Å². The van der Waals surface area contributed by atoms with Crippen LogP contribution in [0.2, 0.25) is 10.0 Å². The number of carbonyl (C=O) groups excluding carboxylic acids is 1. The summed E-state index contributed by atoms with van der Waals surface area (Å²) in [4.78, 5) is 12.2. The summed E-state index contributed by atoms with van der Waals surface area (Å²) in [6, 6.07) is 4.50. The van der Waals surface area contributed by atoms with Crippen molar-refractivity contribution in [2.45, 2.75) is 24.5 Å². The van der Waals surface area contributed by atoms with Crippen molar-refractivity contribution in [1.29, 1.82) is 0 Å². The summed E-state index contributed by atoms with van der Waals surface area (Å²) >= 11 is 11.7. The van der Waals surface area contributed by atoms with Crippen molar-refractivity contribution in [3.63, 3.8) is 0 Å². The zero-order valence-electron chi connectivity index (χ0n) is 11.3. The second-order valence-corrected chi connectivity index (χ2v) is 6.02. The van der Waals surface area contributed by atoms with E-state index in [1.807, 2.05) is 0 Å².